The lowest BCUT2D eigenvalue weighted by molar-refractivity contribution is 0.00578. The Bertz CT molecular complexity index is 1420. The standard InChI is InChI=1S/C31H30BN3O2/c1-29(2)30(3,4)37-32(36-29)26-22-35(28-27(26)33-20-21-34-28)31(23-14-8-5-9-15-23,24-16-10-6-11-17-24)25-18-12-7-13-19-25/h5-22H,1-4H3. The maximum atomic E-state index is 6.50. The quantitative estimate of drug-likeness (QED) is 0.240. The molecular weight excluding hydrogens is 457 g/mol. The Balaban J connectivity index is 1.70. The van der Waals surface area contributed by atoms with Crippen LogP contribution in [0.25, 0.3) is 11.2 Å². The smallest absolute Gasteiger partial charge is 0.399 e. The molecule has 1 saturated heterocycles. The summed E-state index contributed by atoms with van der Waals surface area (Å²) in [6.45, 7) is 8.28. The lowest BCUT2D eigenvalue weighted by atomic mass is 9.76. The minimum Gasteiger partial charge on any atom is -0.399 e. The molecule has 184 valence electrons. The summed E-state index contributed by atoms with van der Waals surface area (Å²) in [5.74, 6) is 0. The van der Waals surface area contributed by atoms with Crippen LogP contribution >= 0.6 is 0 Å². The third kappa shape index (κ3) is 3.63. The molecule has 3 aromatic carbocycles. The molecule has 0 bridgehead atoms. The van der Waals surface area contributed by atoms with Crippen molar-refractivity contribution in [1.29, 1.82) is 0 Å². The molecule has 0 N–H and O–H groups in total. The fourth-order valence-corrected chi connectivity index (χ4v) is 5.33. The monoisotopic (exact) mass is 487 g/mol. The molecule has 0 amide bonds. The molecule has 0 saturated carbocycles. The summed E-state index contributed by atoms with van der Waals surface area (Å²) in [6.07, 6.45) is 5.61. The van der Waals surface area contributed by atoms with Crippen molar-refractivity contribution < 1.29 is 9.31 Å². The Labute approximate surface area is 218 Å². The molecule has 0 aliphatic carbocycles. The summed E-state index contributed by atoms with van der Waals surface area (Å²) >= 11 is 0. The molecule has 0 atom stereocenters. The molecule has 1 aliphatic heterocycles. The van der Waals surface area contributed by atoms with E-state index in [9.17, 15) is 0 Å². The Kier molecular flexibility index (Phi) is 5.55. The number of fused-ring (bicyclic) bond motifs is 1. The zero-order valence-electron chi connectivity index (χ0n) is 21.6. The number of hydrogen-bond donors (Lipinski definition) is 0. The van der Waals surface area contributed by atoms with Crippen LogP contribution in [0.5, 0.6) is 0 Å². The molecular formula is C31H30BN3O2. The fourth-order valence-electron chi connectivity index (χ4n) is 5.33. The van der Waals surface area contributed by atoms with Gasteiger partial charge in [0, 0.05) is 24.1 Å². The number of hydrogen-bond acceptors (Lipinski definition) is 4. The molecule has 5 aromatic rings. The van der Waals surface area contributed by atoms with Gasteiger partial charge in [-0.2, -0.15) is 0 Å². The van der Waals surface area contributed by atoms with Crippen molar-refractivity contribution in [1.82, 2.24) is 14.5 Å². The van der Waals surface area contributed by atoms with Crippen LogP contribution in [0.2, 0.25) is 0 Å². The number of rotatable bonds is 5. The van der Waals surface area contributed by atoms with Gasteiger partial charge in [0.2, 0.25) is 0 Å². The normalized spacial score (nSPS) is 16.8. The first-order valence-corrected chi connectivity index (χ1v) is 12.7. The molecule has 5 nitrogen and oxygen atoms in total. The Morgan fingerprint density at radius 1 is 0.649 bits per heavy atom. The summed E-state index contributed by atoms with van der Waals surface area (Å²) in [4.78, 5) is 9.67. The van der Waals surface area contributed by atoms with Crippen LogP contribution in [-0.4, -0.2) is 32.9 Å². The largest absolute Gasteiger partial charge is 0.498 e. The Morgan fingerprint density at radius 3 is 1.54 bits per heavy atom. The molecule has 6 rings (SSSR count). The van der Waals surface area contributed by atoms with E-state index in [1.54, 1.807) is 12.4 Å². The molecule has 6 heteroatoms. The number of aromatic nitrogens is 3. The van der Waals surface area contributed by atoms with E-state index in [0.29, 0.717) is 0 Å². The minimum absolute atomic E-state index is 0.469. The van der Waals surface area contributed by atoms with E-state index < -0.39 is 23.9 Å². The molecule has 1 fully saturated rings. The number of benzene rings is 3. The van der Waals surface area contributed by atoms with Crippen molar-refractivity contribution in [3.63, 3.8) is 0 Å². The van der Waals surface area contributed by atoms with Gasteiger partial charge in [0.25, 0.3) is 0 Å². The van der Waals surface area contributed by atoms with Crippen molar-refractivity contribution in [2.75, 3.05) is 0 Å². The van der Waals surface area contributed by atoms with Gasteiger partial charge < -0.3 is 13.9 Å². The van der Waals surface area contributed by atoms with E-state index in [0.717, 1.165) is 33.3 Å². The summed E-state index contributed by atoms with van der Waals surface area (Å²) in [7, 11) is -0.564. The highest BCUT2D eigenvalue weighted by Gasteiger charge is 2.53. The van der Waals surface area contributed by atoms with Gasteiger partial charge in [0.05, 0.1) is 11.2 Å². The summed E-state index contributed by atoms with van der Waals surface area (Å²) < 4.78 is 15.2. The van der Waals surface area contributed by atoms with Gasteiger partial charge in [-0.25, -0.2) is 4.98 Å². The van der Waals surface area contributed by atoms with Gasteiger partial charge in [-0.3, -0.25) is 4.98 Å². The second-order valence-electron chi connectivity index (χ2n) is 10.6. The van der Waals surface area contributed by atoms with E-state index in [1.807, 2.05) is 18.2 Å². The van der Waals surface area contributed by atoms with Crippen molar-refractivity contribution >= 4 is 23.7 Å². The number of nitrogens with zero attached hydrogens (tertiary/aromatic N) is 3. The van der Waals surface area contributed by atoms with E-state index in [4.69, 9.17) is 19.3 Å². The van der Waals surface area contributed by atoms with Crippen molar-refractivity contribution in [2.45, 2.75) is 44.4 Å². The molecule has 1 aliphatic rings. The Morgan fingerprint density at radius 2 is 1.08 bits per heavy atom. The average molecular weight is 487 g/mol. The first-order chi connectivity index (χ1) is 17.8. The lowest BCUT2D eigenvalue weighted by Gasteiger charge is -2.38. The van der Waals surface area contributed by atoms with Gasteiger partial charge in [-0.15, -0.1) is 0 Å². The van der Waals surface area contributed by atoms with Gasteiger partial charge in [0.1, 0.15) is 11.1 Å². The van der Waals surface area contributed by atoms with Crippen LogP contribution < -0.4 is 5.46 Å². The van der Waals surface area contributed by atoms with Gasteiger partial charge in [-0.1, -0.05) is 91.0 Å². The van der Waals surface area contributed by atoms with Gasteiger partial charge in [-0.05, 0) is 44.4 Å². The Hall–Kier alpha value is -3.74. The van der Waals surface area contributed by atoms with E-state index in [1.165, 1.54) is 0 Å². The van der Waals surface area contributed by atoms with Crippen molar-refractivity contribution in [3.8, 4) is 0 Å². The highest BCUT2D eigenvalue weighted by atomic mass is 16.7. The third-order valence-corrected chi connectivity index (χ3v) is 7.89. The van der Waals surface area contributed by atoms with Crippen LogP contribution in [0.3, 0.4) is 0 Å². The molecule has 2 aromatic heterocycles. The maximum Gasteiger partial charge on any atom is 0.498 e. The van der Waals surface area contributed by atoms with Crippen LogP contribution in [0.1, 0.15) is 44.4 Å². The molecule has 0 spiro atoms. The summed E-state index contributed by atoms with van der Waals surface area (Å²) in [6, 6.07) is 31.7. The SMILES string of the molecule is CC1(C)OB(c2cn(C(c3ccccc3)(c3ccccc3)c3ccccc3)c3nccnc23)OC1(C)C. The van der Waals surface area contributed by atoms with E-state index in [2.05, 4.69) is 111 Å². The molecule has 3 heterocycles. The molecule has 0 radical (unpaired) electrons. The predicted octanol–water partition coefficient (Wildman–Crippen LogP) is 5.57. The first-order valence-electron chi connectivity index (χ1n) is 12.7. The van der Waals surface area contributed by atoms with Crippen LogP contribution in [0.4, 0.5) is 0 Å². The van der Waals surface area contributed by atoms with Crippen molar-refractivity contribution in [3.05, 3.63) is 126 Å². The molecule has 37 heavy (non-hydrogen) atoms. The zero-order chi connectivity index (χ0) is 25.7. The maximum absolute atomic E-state index is 6.50. The third-order valence-electron chi connectivity index (χ3n) is 7.89. The first kappa shape index (κ1) is 23.7. The second-order valence-corrected chi connectivity index (χ2v) is 10.6. The van der Waals surface area contributed by atoms with E-state index >= 15 is 0 Å². The van der Waals surface area contributed by atoms with Crippen molar-refractivity contribution in [2.24, 2.45) is 0 Å². The fraction of sp³-hybridized carbons (Fsp3) is 0.226. The van der Waals surface area contributed by atoms with Crippen LogP contribution in [-0.2, 0) is 14.8 Å². The predicted molar refractivity (Wildman–Crippen MR) is 148 cm³/mol. The summed E-state index contributed by atoms with van der Waals surface area (Å²) in [5.41, 5.74) is 4.12. The van der Waals surface area contributed by atoms with Crippen LogP contribution in [0, 0.1) is 0 Å². The van der Waals surface area contributed by atoms with Gasteiger partial charge in [0.15, 0.2) is 5.65 Å². The second kappa shape index (κ2) is 8.68. The lowest BCUT2D eigenvalue weighted by Crippen LogP contribution is -2.41. The average Bonchev–Trinajstić information content (AvgIpc) is 3.40. The highest BCUT2D eigenvalue weighted by Crippen LogP contribution is 2.43. The van der Waals surface area contributed by atoms with E-state index in [-0.39, 0.29) is 0 Å². The van der Waals surface area contributed by atoms with Gasteiger partial charge >= 0.3 is 7.12 Å². The minimum atomic E-state index is -0.708. The zero-order valence-corrected chi connectivity index (χ0v) is 21.6. The topological polar surface area (TPSA) is 49.2 Å². The van der Waals surface area contributed by atoms with Crippen LogP contribution in [0.15, 0.2) is 110 Å². The molecule has 0 unspecified atom stereocenters. The highest BCUT2D eigenvalue weighted by molar-refractivity contribution is 6.65. The summed E-state index contributed by atoms with van der Waals surface area (Å²) in [5, 5.41) is 0.